The lowest BCUT2D eigenvalue weighted by atomic mass is 9.89. The molecule has 3 rings (SSSR count). The van der Waals surface area contributed by atoms with Gasteiger partial charge < -0.3 is 4.74 Å². The van der Waals surface area contributed by atoms with Crippen LogP contribution in [0, 0.1) is 0 Å². The number of hydrazine groups is 1. The van der Waals surface area contributed by atoms with Crippen LogP contribution in [0.5, 0.6) is 5.75 Å². The van der Waals surface area contributed by atoms with E-state index >= 15 is 0 Å². The third-order valence-electron chi connectivity index (χ3n) is 3.83. The van der Waals surface area contributed by atoms with Crippen molar-refractivity contribution in [3.63, 3.8) is 0 Å². The van der Waals surface area contributed by atoms with Gasteiger partial charge >= 0.3 is 0 Å². The van der Waals surface area contributed by atoms with E-state index in [-0.39, 0.29) is 5.91 Å². The number of pyridine rings is 1. The van der Waals surface area contributed by atoms with Gasteiger partial charge in [-0.1, -0.05) is 0 Å². The zero-order valence-electron chi connectivity index (χ0n) is 11.4. The summed E-state index contributed by atoms with van der Waals surface area (Å²) in [4.78, 5) is 16.9. The Hall–Kier alpha value is -2.14. The molecule has 0 bridgehead atoms. The highest BCUT2D eigenvalue weighted by molar-refractivity contribution is 6.07. The number of nitrogen functional groups attached to an aromatic ring is 1. The van der Waals surface area contributed by atoms with E-state index in [1.54, 1.807) is 7.11 Å². The van der Waals surface area contributed by atoms with Crippen molar-refractivity contribution < 1.29 is 9.53 Å². The van der Waals surface area contributed by atoms with E-state index < -0.39 is 0 Å². The molecule has 1 aliphatic carbocycles. The van der Waals surface area contributed by atoms with Crippen molar-refractivity contribution in [3.05, 3.63) is 35.0 Å². The number of methoxy groups -OCH3 is 1. The van der Waals surface area contributed by atoms with Crippen LogP contribution in [0.1, 0.15) is 34.5 Å². The van der Waals surface area contributed by atoms with Crippen LogP contribution in [-0.2, 0) is 12.8 Å². The molecule has 0 saturated carbocycles. The highest BCUT2D eigenvalue weighted by Crippen LogP contribution is 2.31. The Balaban J connectivity index is 2.34. The van der Waals surface area contributed by atoms with Gasteiger partial charge in [0.25, 0.3) is 5.91 Å². The summed E-state index contributed by atoms with van der Waals surface area (Å²) < 4.78 is 5.24. The van der Waals surface area contributed by atoms with Gasteiger partial charge in [-0.2, -0.15) is 0 Å². The monoisotopic (exact) mass is 271 g/mol. The number of ether oxygens (including phenoxy) is 1. The Morgan fingerprint density at radius 3 is 2.90 bits per heavy atom. The van der Waals surface area contributed by atoms with Gasteiger partial charge in [-0.05, 0) is 49.4 Å². The second-order valence-electron chi connectivity index (χ2n) is 4.98. The molecule has 0 saturated heterocycles. The highest BCUT2D eigenvalue weighted by Gasteiger charge is 2.22. The molecule has 5 nitrogen and oxygen atoms in total. The summed E-state index contributed by atoms with van der Waals surface area (Å²) in [5.74, 6) is 5.80. The van der Waals surface area contributed by atoms with Crippen molar-refractivity contribution >= 4 is 16.8 Å². The molecular formula is C15H17N3O2. The van der Waals surface area contributed by atoms with Crippen LogP contribution in [0.25, 0.3) is 10.9 Å². The number of rotatable bonds is 2. The SMILES string of the molecule is COc1ccc2nc3c(c(C(=O)NN)c2c1)CCCC3. The maximum absolute atomic E-state index is 12.2. The molecule has 3 N–H and O–H groups in total. The number of fused-ring (bicyclic) bond motifs is 2. The minimum Gasteiger partial charge on any atom is -0.497 e. The molecule has 1 aromatic heterocycles. The second kappa shape index (κ2) is 5.09. The lowest BCUT2D eigenvalue weighted by Gasteiger charge is -2.20. The zero-order chi connectivity index (χ0) is 14.1. The minimum atomic E-state index is -0.260. The number of amides is 1. The van der Waals surface area contributed by atoms with E-state index in [0.717, 1.165) is 47.8 Å². The number of benzene rings is 1. The van der Waals surface area contributed by atoms with Crippen molar-refractivity contribution in [1.29, 1.82) is 0 Å². The Bertz CT molecular complexity index is 682. The Labute approximate surface area is 117 Å². The predicted molar refractivity (Wildman–Crippen MR) is 76.6 cm³/mol. The van der Waals surface area contributed by atoms with Crippen molar-refractivity contribution in [2.75, 3.05) is 7.11 Å². The van der Waals surface area contributed by atoms with Gasteiger partial charge in [-0.15, -0.1) is 0 Å². The smallest absolute Gasteiger partial charge is 0.266 e. The van der Waals surface area contributed by atoms with Crippen LogP contribution in [0.15, 0.2) is 18.2 Å². The predicted octanol–water partition coefficient (Wildman–Crippen LogP) is 1.73. The number of nitrogens with one attached hydrogen (secondary N) is 1. The first-order chi connectivity index (χ1) is 9.74. The van der Waals surface area contributed by atoms with Gasteiger partial charge in [0.1, 0.15) is 5.75 Å². The van der Waals surface area contributed by atoms with Gasteiger partial charge in [0, 0.05) is 11.1 Å². The summed E-state index contributed by atoms with van der Waals surface area (Å²) in [7, 11) is 1.61. The minimum absolute atomic E-state index is 0.260. The van der Waals surface area contributed by atoms with E-state index in [0.29, 0.717) is 11.3 Å². The molecule has 0 radical (unpaired) electrons. The van der Waals surface area contributed by atoms with Crippen molar-refractivity contribution in [1.82, 2.24) is 10.4 Å². The first-order valence-electron chi connectivity index (χ1n) is 6.75. The molecular weight excluding hydrogens is 254 g/mol. The molecule has 0 spiro atoms. The zero-order valence-corrected chi connectivity index (χ0v) is 11.4. The third-order valence-corrected chi connectivity index (χ3v) is 3.83. The van der Waals surface area contributed by atoms with Crippen LogP contribution >= 0.6 is 0 Å². The molecule has 1 amide bonds. The van der Waals surface area contributed by atoms with Gasteiger partial charge in [0.05, 0.1) is 18.2 Å². The molecule has 1 heterocycles. The van der Waals surface area contributed by atoms with Crippen LogP contribution in [-0.4, -0.2) is 18.0 Å². The van der Waals surface area contributed by atoms with Crippen molar-refractivity contribution in [3.8, 4) is 5.75 Å². The Morgan fingerprint density at radius 1 is 1.35 bits per heavy atom. The summed E-state index contributed by atoms with van der Waals surface area (Å²) in [6, 6.07) is 5.59. The van der Waals surface area contributed by atoms with E-state index in [4.69, 9.17) is 15.6 Å². The topological polar surface area (TPSA) is 77.2 Å². The molecule has 2 aromatic rings. The molecule has 5 heteroatoms. The molecule has 1 aromatic carbocycles. The maximum atomic E-state index is 12.2. The van der Waals surface area contributed by atoms with E-state index in [2.05, 4.69) is 5.43 Å². The van der Waals surface area contributed by atoms with Crippen molar-refractivity contribution in [2.45, 2.75) is 25.7 Å². The van der Waals surface area contributed by atoms with Gasteiger partial charge in [0.15, 0.2) is 0 Å². The molecule has 20 heavy (non-hydrogen) atoms. The summed E-state index contributed by atoms with van der Waals surface area (Å²) >= 11 is 0. The fourth-order valence-corrected chi connectivity index (χ4v) is 2.86. The summed E-state index contributed by atoms with van der Waals surface area (Å²) in [5, 5.41) is 0.799. The normalized spacial score (nSPS) is 13.9. The molecule has 1 aliphatic rings. The second-order valence-corrected chi connectivity index (χ2v) is 4.98. The number of carbonyl (C=O) groups is 1. The highest BCUT2D eigenvalue weighted by atomic mass is 16.5. The largest absolute Gasteiger partial charge is 0.497 e. The number of aryl methyl sites for hydroxylation is 1. The summed E-state index contributed by atoms with van der Waals surface area (Å²) in [6.45, 7) is 0. The lowest BCUT2D eigenvalue weighted by molar-refractivity contribution is 0.0954. The number of carbonyl (C=O) groups excluding carboxylic acids is 1. The number of nitrogens with zero attached hydrogens (tertiary/aromatic N) is 1. The third kappa shape index (κ3) is 2.00. The maximum Gasteiger partial charge on any atom is 0.266 e. The number of hydrogen-bond acceptors (Lipinski definition) is 4. The van der Waals surface area contributed by atoms with Gasteiger partial charge in [0.2, 0.25) is 0 Å². The van der Waals surface area contributed by atoms with E-state index in [9.17, 15) is 4.79 Å². The average Bonchev–Trinajstić information content (AvgIpc) is 2.51. The quantitative estimate of drug-likeness (QED) is 0.495. The average molecular weight is 271 g/mol. The summed E-state index contributed by atoms with van der Waals surface area (Å²) in [6.07, 6.45) is 3.99. The molecule has 0 atom stereocenters. The fourth-order valence-electron chi connectivity index (χ4n) is 2.86. The van der Waals surface area contributed by atoms with Crippen LogP contribution in [0.3, 0.4) is 0 Å². The molecule has 0 unspecified atom stereocenters. The van der Waals surface area contributed by atoms with E-state index in [1.165, 1.54) is 0 Å². The molecule has 0 fully saturated rings. The Morgan fingerprint density at radius 2 is 2.15 bits per heavy atom. The van der Waals surface area contributed by atoms with Gasteiger partial charge in [-0.25, -0.2) is 5.84 Å². The van der Waals surface area contributed by atoms with Crippen LogP contribution < -0.4 is 16.0 Å². The van der Waals surface area contributed by atoms with Crippen LogP contribution in [0.2, 0.25) is 0 Å². The number of nitrogens with two attached hydrogens (primary N) is 1. The summed E-state index contributed by atoms with van der Waals surface area (Å²) in [5.41, 5.74) is 5.76. The fraction of sp³-hybridized carbons (Fsp3) is 0.333. The Kier molecular flexibility index (Phi) is 3.28. The lowest BCUT2D eigenvalue weighted by Crippen LogP contribution is -2.32. The number of hydrogen-bond donors (Lipinski definition) is 2. The number of aromatic nitrogens is 1. The van der Waals surface area contributed by atoms with E-state index in [1.807, 2.05) is 18.2 Å². The first-order valence-corrected chi connectivity index (χ1v) is 6.75. The van der Waals surface area contributed by atoms with Gasteiger partial charge in [-0.3, -0.25) is 15.2 Å². The molecule has 0 aliphatic heterocycles. The molecule has 104 valence electrons. The first kappa shape index (κ1) is 12.9. The standard InChI is InChI=1S/C15H17N3O2/c1-20-9-6-7-13-11(8-9)14(15(19)18-16)10-4-2-3-5-12(10)17-13/h6-8H,2-5,16H2,1H3,(H,18,19). The van der Waals surface area contributed by atoms with Crippen LogP contribution in [0.4, 0.5) is 0 Å². The van der Waals surface area contributed by atoms with Crippen molar-refractivity contribution in [2.24, 2.45) is 5.84 Å².